The first-order valence-corrected chi connectivity index (χ1v) is 5.36. The monoisotopic (exact) mass is 266 g/mol. The molecule has 5 heteroatoms. The Hall–Kier alpha value is -1.20. The Kier molecular flexibility index (Phi) is 2.58. The lowest BCUT2D eigenvalue weighted by Gasteiger charge is -2.10. The second-order valence-corrected chi connectivity index (χ2v) is 4.25. The topological polar surface area (TPSA) is 77.8 Å². The standard InChI is InChI=1S/C10H11BrN4/c1-5(12)8-6-3-2-4-7(11)9(6)15-10(13)14-8/h2-5H,12H2,1H3,(H2,13,14,15). The minimum absolute atomic E-state index is 0.160. The van der Waals surface area contributed by atoms with E-state index < -0.39 is 0 Å². The largest absolute Gasteiger partial charge is 0.368 e. The molecule has 0 bridgehead atoms. The number of para-hydroxylation sites is 1. The molecule has 0 aliphatic heterocycles. The molecule has 1 heterocycles. The number of halogens is 1. The number of hydrogen-bond acceptors (Lipinski definition) is 4. The molecule has 0 amide bonds. The molecule has 1 atom stereocenters. The fraction of sp³-hybridized carbons (Fsp3) is 0.200. The molecule has 0 aliphatic rings. The number of nitrogens with zero attached hydrogens (tertiary/aromatic N) is 2. The normalized spacial score (nSPS) is 13.0. The van der Waals surface area contributed by atoms with Gasteiger partial charge in [0.05, 0.1) is 11.2 Å². The van der Waals surface area contributed by atoms with Gasteiger partial charge in [0.1, 0.15) is 0 Å². The van der Waals surface area contributed by atoms with E-state index in [2.05, 4.69) is 25.9 Å². The van der Waals surface area contributed by atoms with Crippen LogP contribution in [0.2, 0.25) is 0 Å². The van der Waals surface area contributed by atoms with Gasteiger partial charge in [-0.15, -0.1) is 0 Å². The maximum atomic E-state index is 5.84. The molecule has 1 aromatic carbocycles. The summed E-state index contributed by atoms with van der Waals surface area (Å²) in [7, 11) is 0. The van der Waals surface area contributed by atoms with Crippen molar-refractivity contribution in [1.29, 1.82) is 0 Å². The summed E-state index contributed by atoms with van der Waals surface area (Å²) in [4.78, 5) is 8.35. The smallest absolute Gasteiger partial charge is 0.220 e. The van der Waals surface area contributed by atoms with Crippen LogP contribution >= 0.6 is 15.9 Å². The van der Waals surface area contributed by atoms with E-state index in [0.29, 0.717) is 0 Å². The van der Waals surface area contributed by atoms with Gasteiger partial charge >= 0.3 is 0 Å². The number of anilines is 1. The Morgan fingerprint density at radius 1 is 1.33 bits per heavy atom. The lowest BCUT2D eigenvalue weighted by Crippen LogP contribution is -2.10. The molecule has 0 aliphatic carbocycles. The average molecular weight is 267 g/mol. The van der Waals surface area contributed by atoms with E-state index in [1.165, 1.54) is 0 Å². The van der Waals surface area contributed by atoms with Crippen molar-refractivity contribution in [2.45, 2.75) is 13.0 Å². The van der Waals surface area contributed by atoms with Crippen LogP contribution in [0.15, 0.2) is 22.7 Å². The van der Waals surface area contributed by atoms with E-state index in [-0.39, 0.29) is 12.0 Å². The van der Waals surface area contributed by atoms with Crippen LogP contribution in [0.25, 0.3) is 10.9 Å². The molecule has 15 heavy (non-hydrogen) atoms. The summed E-state index contributed by atoms with van der Waals surface area (Å²) < 4.78 is 0.899. The Morgan fingerprint density at radius 2 is 2.07 bits per heavy atom. The SMILES string of the molecule is CC(N)c1nc(N)nc2c(Br)cccc12. The van der Waals surface area contributed by atoms with Gasteiger partial charge in [0.15, 0.2) is 0 Å². The molecular weight excluding hydrogens is 256 g/mol. The number of benzene rings is 1. The van der Waals surface area contributed by atoms with Crippen LogP contribution in [0.4, 0.5) is 5.95 Å². The minimum Gasteiger partial charge on any atom is -0.368 e. The Balaban J connectivity index is 2.86. The van der Waals surface area contributed by atoms with E-state index in [1.54, 1.807) is 0 Å². The van der Waals surface area contributed by atoms with Crippen molar-refractivity contribution in [2.24, 2.45) is 5.73 Å². The quantitative estimate of drug-likeness (QED) is 0.828. The molecule has 0 spiro atoms. The Morgan fingerprint density at radius 3 is 2.73 bits per heavy atom. The average Bonchev–Trinajstić information content (AvgIpc) is 2.18. The van der Waals surface area contributed by atoms with Gasteiger partial charge in [-0.1, -0.05) is 12.1 Å². The highest BCUT2D eigenvalue weighted by Gasteiger charge is 2.11. The summed E-state index contributed by atoms with van der Waals surface area (Å²) in [6, 6.07) is 5.63. The fourth-order valence-corrected chi connectivity index (χ4v) is 1.96. The van der Waals surface area contributed by atoms with Crippen LogP contribution in [0.1, 0.15) is 18.7 Å². The summed E-state index contributed by atoms with van der Waals surface area (Å²) in [5.74, 6) is 0.252. The maximum absolute atomic E-state index is 5.84. The first-order valence-electron chi connectivity index (χ1n) is 4.57. The van der Waals surface area contributed by atoms with Gasteiger partial charge in [-0.25, -0.2) is 9.97 Å². The highest BCUT2D eigenvalue weighted by Crippen LogP contribution is 2.26. The summed E-state index contributed by atoms with van der Waals surface area (Å²) in [5.41, 5.74) is 13.1. The molecule has 1 unspecified atom stereocenters. The van der Waals surface area contributed by atoms with Crippen LogP contribution in [0.5, 0.6) is 0 Å². The van der Waals surface area contributed by atoms with Crippen LogP contribution in [0.3, 0.4) is 0 Å². The van der Waals surface area contributed by atoms with Crippen LogP contribution < -0.4 is 11.5 Å². The third-order valence-corrected chi connectivity index (χ3v) is 2.80. The zero-order chi connectivity index (χ0) is 11.0. The van der Waals surface area contributed by atoms with Gasteiger partial charge in [0.2, 0.25) is 5.95 Å². The molecule has 0 saturated heterocycles. The summed E-state index contributed by atoms with van der Waals surface area (Å²) in [6.45, 7) is 1.88. The summed E-state index contributed by atoms with van der Waals surface area (Å²) in [5, 5.41) is 0.938. The highest BCUT2D eigenvalue weighted by atomic mass is 79.9. The van der Waals surface area contributed by atoms with Crippen molar-refractivity contribution in [3.05, 3.63) is 28.4 Å². The molecular formula is C10H11BrN4. The number of nitrogens with two attached hydrogens (primary N) is 2. The first-order chi connectivity index (χ1) is 7.09. The minimum atomic E-state index is -0.160. The fourth-order valence-electron chi connectivity index (χ4n) is 1.51. The number of rotatable bonds is 1. The number of nitrogen functional groups attached to an aromatic ring is 1. The number of aromatic nitrogens is 2. The molecule has 2 aromatic rings. The van der Waals surface area contributed by atoms with E-state index >= 15 is 0 Å². The van der Waals surface area contributed by atoms with Crippen molar-refractivity contribution in [3.63, 3.8) is 0 Å². The summed E-state index contributed by atoms with van der Waals surface area (Å²) in [6.07, 6.45) is 0. The Labute approximate surface area is 95.8 Å². The molecule has 4 nitrogen and oxygen atoms in total. The van der Waals surface area contributed by atoms with Gasteiger partial charge in [-0.05, 0) is 28.9 Å². The van der Waals surface area contributed by atoms with Crippen molar-refractivity contribution in [2.75, 3.05) is 5.73 Å². The first kappa shape index (κ1) is 10.3. The van der Waals surface area contributed by atoms with E-state index in [4.69, 9.17) is 11.5 Å². The zero-order valence-corrected chi connectivity index (χ0v) is 9.82. The third-order valence-electron chi connectivity index (χ3n) is 2.16. The predicted molar refractivity (Wildman–Crippen MR) is 64.3 cm³/mol. The van der Waals surface area contributed by atoms with Crippen molar-refractivity contribution in [1.82, 2.24) is 9.97 Å². The van der Waals surface area contributed by atoms with E-state index in [0.717, 1.165) is 21.1 Å². The van der Waals surface area contributed by atoms with Gasteiger partial charge in [0, 0.05) is 15.9 Å². The maximum Gasteiger partial charge on any atom is 0.220 e. The second kappa shape index (κ2) is 3.75. The zero-order valence-electron chi connectivity index (χ0n) is 8.24. The van der Waals surface area contributed by atoms with Crippen molar-refractivity contribution in [3.8, 4) is 0 Å². The highest BCUT2D eigenvalue weighted by molar-refractivity contribution is 9.10. The number of fused-ring (bicyclic) bond motifs is 1. The van der Waals surface area contributed by atoms with Gasteiger partial charge in [-0.2, -0.15) is 0 Å². The van der Waals surface area contributed by atoms with E-state index in [1.807, 2.05) is 25.1 Å². The molecule has 2 rings (SSSR count). The third kappa shape index (κ3) is 1.80. The van der Waals surface area contributed by atoms with Crippen molar-refractivity contribution >= 4 is 32.8 Å². The second-order valence-electron chi connectivity index (χ2n) is 3.39. The predicted octanol–water partition coefficient (Wildman–Crippen LogP) is 1.99. The molecule has 0 radical (unpaired) electrons. The lowest BCUT2D eigenvalue weighted by atomic mass is 10.1. The Bertz CT molecular complexity index is 510. The number of hydrogen-bond donors (Lipinski definition) is 2. The van der Waals surface area contributed by atoms with Crippen LogP contribution in [0, 0.1) is 0 Å². The van der Waals surface area contributed by atoms with Gasteiger partial charge in [0.25, 0.3) is 0 Å². The lowest BCUT2D eigenvalue weighted by molar-refractivity contribution is 0.789. The molecule has 78 valence electrons. The van der Waals surface area contributed by atoms with Gasteiger partial charge < -0.3 is 11.5 Å². The van der Waals surface area contributed by atoms with Crippen LogP contribution in [-0.4, -0.2) is 9.97 Å². The molecule has 0 fully saturated rings. The van der Waals surface area contributed by atoms with Crippen molar-refractivity contribution < 1.29 is 0 Å². The van der Waals surface area contributed by atoms with Crippen LogP contribution in [-0.2, 0) is 0 Å². The summed E-state index contributed by atoms with van der Waals surface area (Å²) >= 11 is 3.43. The van der Waals surface area contributed by atoms with E-state index in [9.17, 15) is 0 Å². The molecule has 4 N–H and O–H groups in total. The van der Waals surface area contributed by atoms with Gasteiger partial charge in [-0.3, -0.25) is 0 Å². The molecule has 0 saturated carbocycles. The molecule has 1 aromatic heterocycles.